The highest BCUT2D eigenvalue weighted by atomic mass is 35.5. The van der Waals surface area contributed by atoms with Gasteiger partial charge in [-0.1, -0.05) is 24.3 Å². The summed E-state index contributed by atoms with van der Waals surface area (Å²) in [5, 5.41) is 21.1. The molecule has 2 atom stereocenters. The number of amides is 1. The van der Waals surface area contributed by atoms with Gasteiger partial charge in [0.15, 0.2) is 0 Å². The Morgan fingerprint density at radius 2 is 1.93 bits per heavy atom. The average Bonchev–Trinajstić information content (AvgIpc) is 2.69. The van der Waals surface area contributed by atoms with Crippen LogP contribution in [0.2, 0.25) is 0 Å². The number of primary amides is 1. The summed E-state index contributed by atoms with van der Waals surface area (Å²) >= 11 is 0. The summed E-state index contributed by atoms with van der Waals surface area (Å²) in [6, 6.07) is 14.4. The SMILES string of the molecule is CN(C)CC1CN(CCc2ccc(O)cc2)CCC1(O)c1cccc(C(N)=O)c1.Cl. The van der Waals surface area contributed by atoms with Crippen LogP contribution in [0, 0.1) is 5.92 Å². The summed E-state index contributed by atoms with van der Waals surface area (Å²) in [4.78, 5) is 16.1. The number of phenols is 1. The summed E-state index contributed by atoms with van der Waals surface area (Å²) in [6.07, 6.45) is 1.49. The Balaban J connectivity index is 0.00000320. The molecule has 2 aromatic carbocycles. The van der Waals surface area contributed by atoms with E-state index >= 15 is 0 Å². The number of carbonyl (C=O) groups excluding carboxylic acids is 1. The first-order chi connectivity index (χ1) is 13.8. The lowest BCUT2D eigenvalue weighted by molar-refractivity contribution is -0.0843. The summed E-state index contributed by atoms with van der Waals surface area (Å²) < 4.78 is 0. The Labute approximate surface area is 184 Å². The van der Waals surface area contributed by atoms with Crippen molar-refractivity contribution in [2.24, 2.45) is 11.7 Å². The standard InChI is InChI=1S/C23H31N3O3.ClH/c1-25(2)15-20-16-26(12-10-17-6-8-21(27)9-7-17)13-11-23(20,29)19-5-3-4-18(14-19)22(24)28;/h3-9,14,20,27,29H,10-13,15-16H2,1-2H3,(H2,24,28);1H. The van der Waals surface area contributed by atoms with Crippen molar-refractivity contribution in [3.8, 4) is 5.75 Å². The summed E-state index contributed by atoms with van der Waals surface area (Å²) in [5.41, 5.74) is 6.82. The van der Waals surface area contributed by atoms with Gasteiger partial charge in [-0.25, -0.2) is 0 Å². The number of aromatic hydroxyl groups is 1. The number of benzene rings is 2. The van der Waals surface area contributed by atoms with Crippen LogP contribution in [0.3, 0.4) is 0 Å². The molecule has 164 valence electrons. The molecule has 0 saturated carbocycles. The van der Waals surface area contributed by atoms with E-state index in [1.807, 2.05) is 32.3 Å². The topological polar surface area (TPSA) is 90.0 Å². The maximum Gasteiger partial charge on any atom is 0.248 e. The van der Waals surface area contributed by atoms with Crippen LogP contribution in [-0.2, 0) is 12.0 Å². The molecule has 3 rings (SSSR count). The van der Waals surface area contributed by atoms with Gasteiger partial charge in [-0.15, -0.1) is 12.4 Å². The lowest BCUT2D eigenvalue weighted by Gasteiger charge is -2.46. The number of aliphatic hydroxyl groups is 1. The molecule has 0 aromatic heterocycles. The number of hydrogen-bond acceptors (Lipinski definition) is 5. The Bertz CT molecular complexity index is 844. The zero-order valence-corrected chi connectivity index (χ0v) is 18.4. The van der Waals surface area contributed by atoms with Crippen LogP contribution in [0.1, 0.15) is 27.9 Å². The van der Waals surface area contributed by atoms with Crippen LogP contribution in [0.25, 0.3) is 0 Å². The molecule has 0 radical (unpaired) electrons. The lowest BCUT2D eigenvalue weighted by Crippen LogP contribution is -2.53. The van der Waals surface area contributed by atoms with E-state index < -0.39 is 11.5 Å². The number of hydrogen-bond donors (Lipinski definition) is 3. The van der Waals surface area contributed by atoms with E-state index in [0.29, 0.717) is 12.0 Å². The number of piperidine rings is 1. The van der Waals surface area contributed by atoms with Gasteiger partial charge in [-0.05, 0) is 62.3 Å². The van der Waals surface area contributed by atoms with Crippen molar-refractivity contribution in [1.82, 2.24) is 9.80 Å². The third kappa shape index (κ3) is 5.73. The predicted molar refractivity (Wildman–Crippen MR) is 121 cm³/mol. The van der Waals surface area contributed by atoms with Crippen molar-refractivity contribution in [3.05, 3.63) is 65.2 Å². The van der Waals surface area contributed by atoms with E-state index in [1.54, 1.807) is 30.3 Å². The molecule has 1 aliphatic rings. The van der Waals surface area contributed by atoms with Gasteiger partial charge in [0.2, 0.25) is 5.91 Å². The first kappa shape index (κ1) is 24.2. The maximum absolute atomic E-state index is 11.7. The Morgan fingerprint density at radius 3 is 2.57 bits per heavy atom. The number of rotatable bonds is 7. The number of likely N-dealkylation sites (tertiary alicyclic amines) is 1. The molecular formula is C23H32ClN3O3. The van der Waals surface area contributed by atoms with Crippen LogP contribution in [0.4, 0.5) is 0 Å². The average molecular weight is 434 g/mol. The second-order valence-electron chi connectivity index (χ2n) is 8.30. The first-order valence-electron chi connectivity index (χ1n) is 10.1. The fraction of sp³-hybridized carbons (Fsp3) is 0.435. The summed E-state index contributed by atoms with van der Waals surface area (Å²) in [6.45, 7) is 3.19. The van der Waals surface area contributed by atoms with Crippen molar-refractivity contribution in [2.45, 2.75) is 18.4 Å². The first-order valence-corrected chi connectivity index (χ1v) is 10.1. The van der Waals surface area contributed by atoms with E-state index in [1.165, 1.54) is 5.56 Å². The second kappa shape index (κ2) is 10.3. The zero-order chi connectivity index (χ0) is 21.0. The molecule has 2 aromatic rings. The second-order valence-corrected chi connectivity index (χ2v) is 8.30. The molecule has 0 bridgehead atoms. The molecule has 1 fully saturated rings. The molecule has 1 heterocycles. The third-order valence-electron chi connectivity index (χ3n) is 5.85. The monoisotopic (exact) mass is 433 g/mol. The lowest BCUT2D eigenvalue weighted by atomic mass is 9.75. The van der Waals surface area contributed by atoms with Crippen LogP contribution >= 0.6 is 12.4 Å². The van der Waals surface area contributed by atoms with E-state index in [9.17, 15) is 15.0 Å². The summed E-state index contributed by atoms with van der Waals surface area (Å²) in [7, 11) is 4.02. The predicted octanol–water partition coefficient (Wildman–Crippen LogP) is 2.23. The summed E-state index contributed by atoms with van der Waals surface area (Å²) in [5.74, 6) is -0.193. The van der Waals surface area contributed by atoms with E-state index in [4.69, 9.17) is 5.73 Å². The quantitative estimate of drug-likeness (QED) is 0.623. The molecule has 1 saturated heterocycles. The molecule has 1 amide bonds. The van der Waals surface area contributed by atoms with E-state index in [0.717, 1.165) is 38.2 Å². The molecule has 1 aliphatic heterocycles. The molecule has 0 aliphatic carbocycles. The highest BCUT2D eigenvalue weighted by Crippen LogP contribution is 2.38. The van der Waals surface area contributed by atoms with Gasteiger partial charge in [0, 0.05) is 37.7 Å². The minimum atomic E-state index is -0.995. The highest BCUT2D eigenvalue weighted by molar-refractivity contribution is 5.92. The van der Waals surface area contributed by atoms with Gasteiger partial charge in [0.1, 0.15) is 5.75 Å². The molecule has 4 N–H and O–H groups in total. The molecule has 7 heteroatoms. The van der Waals surface area contributed by atoms with E-state index in [2.05, 4.69) is 9.80 Å². The van der Waals surface area contributed by atoms with Crippen molar-refractivity contribution in [3.63, 3.8) is 0 Å². The maximum atomic E-state index is 11.7. The smallest absolute Gasteiger partial charge is 0.248 e. The van der Waals surface area contributed by atoms with Gasteiger partial charge in [0.05, 0.1) is 5.60 Å². The van der Waals surface area contributed by atoms with Crippen LogP contribution in [-0.4, -0.2) is 66.2 Å². The minimum Gasteiger partial charge on any atom is -0.508 e. The van der Waals surface area contributed by atoms with Crippen LogP contribution in [0.15, 0.2) is 48.5 Å². The fourth-order valence-corrected chi connectivity index (χ4v) is 4.21. The van der Waals surface area contributed by atoms with Crippen molar-refractivity contribution in [2.75, 3.05) is 40.3 Å². The third-order valence-corrected chi connectivity index (χ3v) is 5.85. The number of halogens is 1. The molecular weight excluding hydrogens is 402 g/mol. The Morgan fingerprint density at radius 1 is 1.23 bits per heavy atom. The van der Waals surface area contributed by atoms with Gasteiger partial charge >= 0.3 is 0 Å². The number of phenolic OH excluding ortho intramolecular Hbond substituents is 1. The highest BCUT2D eigenvalue weighted by Gasteiger charge is 2.43. The number of nitrogens with two attached hydrogens (primary N) is 1. The molecule has 2 unspecified atom stereocenters. The van der Waals surface area contributed by atoms with Gasteiger partial charge in [-0.2, -0.15) is 0 Å². The van der Waals surface area contributed by atoms with E-state index in [-0.39, 0.29) is 24.1 Å². The van der Waals surface area contributed by atoms with Crippen molar-refractivity contribution < 1.29 is 15.0 Å². The Hall–Kier alpha value is -2.12. The van der Waals surface area contributed by atoms with Gasteiger partial charge < -0.3 is 25.7 Å². The fourth-order valence-electron chi connectivity index (χ4n) is 4.21. The molecule has 6 nitrogen and oxygen atoms in total. The zero-order valence-electron chi connectivity index (χ0n) is 17.6. The van der Waals surface area contributed by atoms with Crippen LogP contribution < -0.4 is 5.73 Å². The number of nitrogens with zero attached hydrogens (tertiary/aromatic N) is 2. The largest absolute Gasteiger partial charge is 0.508 e. The minimum absolute atomic E-state index is 0. The normalized spacial score (nSPS) is 21.9. The van der Waals surface area contributed by atoms with Crippen molar-refractivity contribution >= 4 is 18.3 Å². The van der Waals surface area contributed by atoms with Crippen LogP contribution in [0.5, 0.6) is 5.75 Å². The van der Waals surface area contributed by atoms with Gasteiger partial charge in [0.25, 0.3) is 0 Å². The Kier molecular flexibility index (Phi) is 8.26. The number of carbonyl (C=O) groups is 1. The van der Waals surface area contributed by atoms with Gasteiger partial charge in [-0.3, -0.25) is 4.79 Å². The molecule has 0 spiro atoms. The molecule has 30 heavy (non-hydrogen) atoms. The van der Waals surface area contributed by atoms with Crippen molar-refractivity contribution in [1.29, 1.82) is 0 Å².